The minimum atomic E-state index is -0.0716. The van der Waals surface area contributed by atoms with Crippen molar-refractivity contribution in [3.05, 3.63) is 135 Å². The van der Waals surface area contributed by atoms with Crippen LogP contribution in [0.1, 0.15) is 29.2 Å². The van der Waals surface area contributed by atoms with Gasteiger partial charge in [0.2, 0.25) is 0 Å². The van der Waals surface area contributed by atoms with E-state index < -0.39 is 0 Å². The van der Waals surface area contributed by atoms with Crippen molar-refractivity contribution in [3.63, 3.8) is 0 Å². The highest BCUT2D eigenvalue weighted by Gasteiger charge is 2.33. The fraction of sp³-hybridized carbons (Fsp3) is 0.152. The van der Waals surface area contributed by atoms with Crippen molar-refractivity contribution in [1.29, 1.82) is 0 Å². The summed E-state index contributed by atoms with van der Waals surface area (Å²) in [6.07, 6.45) is 1.89. The van der Waals surface area contributed by atoms with Gasteiger partial charge in [-0.05, 0) is 59.7 Å². The van der Waals surface area contributed by atoms with E-state index in [-0.39, 0.29) is 5.91 Å². The van der Waals surface area contributed by atoms with Gasteiger partial charge in [-0.1, -0.05) is 96.5 Å². The van der Waals surface area contributed by atoms with Crippen LogP contribution in [0, 0.1) is 0 Å². The van der Waals surface area contributed by atoms with Crippen molar-refractivity contribution in [2.45, 2.75) is 26.6 Å². The van der Waals surface area contributed by atoms with E-state index in [9.17, 15) is 4.79 Å². The van der Waals surface area contributed by atoms with Crippen LogP contribution in [0.15, 0.2) is 113 Å². The first-order chi connectivity index (χ1) is 19.6. The third-order valence-corrected chi connectivity index (χ3v) is 7.63. The lowest BCUT2D eigenvalue weighted by Gasteiger charge is -2.15. The van der Waals surface area contributed by atoms with Crippen LogP contribution in [-0.2, 0) is 24.5 Å². The van der Waals surface area contributed by atoms with Crippen LogP contribution >= 0.6 is 23.4 Å². The molecule has 0 saturated carbocycles. The Balaban J connectivity index is 1.39. The summed E-state index contributed by atoms with van der Waals surface area (Å²) in [6.45, 7) is 3.69. The summed E-state index contributed by atoms with van der Waals surface area (Å²) in [5.41, 5.74) is 3.87. The lowest BCUT2D eigenvalue weighted by Crippen LogP contribution is -2.28. The molecule has 0 aliphatic carbocycles. The number of amides is 1. The third-order valence-electron chi connectivity index (χ3n) is 6.22. The van der Waals surface area contributed by atoms with Crippen LogP contribution in [0.3, 0.4) is 0 Å². The van der Waals surface area contributed by atoms with Crippen LogP contribution in [0.5, 0.6) is 11.5 Å². The molecule has 4 aromatic rings. The third kappa shape index (κ3) is 6.95. The van der Waals surface area contributed by atoms with Gasteiger partial charge in [0.1, 0.15) is 6.61 Å². The van der Waals surface area contributed by atoms with Crippen LogP contribution in [0.25, 0.3) is 6.08 Å². The summed E-state index contributed by atoms with van der Waals surface area (Å²) in [5.74, 6) is 1.15. The van der Waals surface area contributed by atoms with E-state index in [1.54, 1.807) is 4.90 Å². The monoisotopic (exact) mass is 568 g/mol. The van der Waals surface area contributed by atoms with Crippen LogP contribution in [-0.4, -0.2) is 22.6 Å². The van der Waals surface area contributed by atoms with Gasteiger partial charge in [0.15, 0.2) is 16.7 Å². The number of amidine groups is 1. The maximum absolute atomic E-state index is 13.6. The summed E-state index contributed by atoms with van der Waals surface area (Å²) < 4.78 is 11.9. The highest BCUT2D eigenvalue weighted by molar-refractivity contribution is 8.18. The molecule has 0 spiro atoms. The van der Waals surface area contributed by atoms with E-state index in [0.29, 0.717) is 52.9 Å². The molecule has 202 valence electrons. The number of nitrogens with zero attached hydrogens (tertiary/aromatic N) is 2. The van der Waals surface area contributed by atoms with Crippen molar-refractivity contribution in [1.82, 2.24) is 4.90 Å². The number of hydrogen-bond donors (Lipinski definition) is 0. The van der Waals surface area contributed by atoms with E-state index in [1.165, 1.54) is 11.8 Å². The second-order valence-corrected chi connectivity index (χ2v) is 10.5. The molecule has 7 heteroatoms. The van der Waals surface area contributed by atoms with Gasteiger partial charge < -0.3 is 9.47 Å². The molecular formula is C33H29ClN2O3S. The van der Waals surface area contributed by atoms with Gasteiger partial charge in [-0.15, -0.1) is 0 Å². The fourth-order valence-corrected chi connectivity index (χ4v) is 5.36. The summed E-state index contributed by atoms with van der Waals surface area (Å²) >= 11 is 7.68. The highest BCUT2D eigenvalue weighted by Crippen LogP contribution is 2.36. The summed E-state index contributed by atoms with van der Waals surface area (Å²) in [4.78, 5) is 20.8. The maximum Gasteiger partial charge on any atom is 0.267 e. The van der Waals surface area contributed by atoms with Gasteiger partial charge >= 0.3 is 0 Å². The number of aliphatic imine (C=N–C) groups is 1. The topological polar surface area (TPSA) is 51.1 Å². The molecule has 40 heavy (non-hydrogen) atoms. The zero-order valence-corrected chi connectivity index (χ0v) is 23.7. The predicted molar refractivity (Wildman–Crippen MR) is 164 cm³/mol. The molecule has 4 aromatic carbocycles. The van der Waals surface area contributed by atoms with E-state index >= 15 is 0 Å². The minimum Gasteiger partial charge on any atom is -0.490 e. The summed E-state index contributed by atoms with van der Waals surface area (Å²) in [6, 6.07) is 33.3. The van der Waals surface area contributed by atoms with Crippen molar-refractivity contribution in [3.8, 4) is 11.5 Å². The number of ether oxygens (including phenoxy) is 2. The van der Waals surface area contributed by atoms with Crippen molar-refractivity contribution in [2.24, 2.45) is 4.99 Å². The molecule has 0 atom stereocenters. The van der Waals surface area contributed by atoms with Gasteiger partial charge in [-0.25, -0.2) is 0 Å². The zero-order chi connectivity index (χ0) is 27.7. The largest absolute Gasteiger partial charge is 0.490 e. The number of carbonyl (C=O) groups excluding carboxylic acids is 1. The Kier molecular flexibility index (Phi) is 9.22. The average Bonchev–Trinajstić information content (AvgIpc) is 3.27. The number of rotatable bonds is 10. The molecule has 0 N–H and O–H groups in total. The number of halogens is 1. The number of hydrogen-bond acceptors (Lipinski definition) is 5. The fourth-order valence-electron chi connectivity index (χ4n) is 4.20. The normalized spacial score (nSPS) is 15.2. The minimum absolute atomic E-state index is 0.0716. The zero-order valence-electron chi connectivity index (χ0n) is 22.1. The Morgan fingerprint density at radius 2 is 1.55 bits per heavy atom. The molecule has 5 nitrogen and oxygen atoms in total. The molecule has 1 fully saturated rings. The van der Waals surface area contributed by atoms with E-state index in [2.05, 4.69) is 0 Å². The van der Waals surface area contributed by atoms with Crippen molar-refractivity contribution >= 4 is 40.5 Å². The van der Waals surface area contributed by atoms with E-state index in [0.717, 1.165) is 22.3 Å². The average molecular weight is 569 g/mol. The number of thioether (sulfide) groups is 1. The Bertz CT molecular complexity index is 1520. The molecule has 0 bridgehead atoms. The Hall–Kier alpha value is -4.00. The van der Waals surface area contributed by atoms with E-state index in [4.69, 9.17) is 26.1 Å². The molecule has 0 unspecified atom stereocenters. The molecule has 1 aliphatic heterocycles. The van der Waals surface area contributed by atoms with Crippen LogP contribution in [0.2, 0.25) is 5.02 Å². The van der Waals surface area contributed by atoms with Crippen molar-refractivity contribution < 1.29 is 14.3 Å². The SMILES string of the molecule is CCOc1cc(/C=C2\SC(=NCc3ccccc3)N(Cc3ccccc3)C2=O)ccc1OCc1ccccc1Cl. The molecule has 5 rings (SSSR count). The van der Waals surface area contributed by atoms with Crippen LogP contribution in [0.4, 0.5) is 0 Å². The molecule has 1 heterocycles. The lowest BCUT2D eigenvalue weighted by molar-refractivity contribution is -0.122. The maximum atomic E-state index is 13.6. The lowest BCUT2D eigenvalue weighted by atomic mass is 10.1. The van der Waals surface area contributed by atoms with Gasteiger partial charge in [-0.2, -0.15) is 0 Å². The van der Waals surface area contributed by atoms with E-state index in [1.807, 2.05) is 116 Å². The summed E-state index contributed by atoms with van der Waals surface area (Å²) in [7, 11) is 0. The standard InChI is InChI=1S/C33H29ClN2O3S/c1-2-38-30-19-26(17-18-29(30)39-23-27-15-9-10-16-28(27)34)20-31-32(37)36(22-25-13-7-4-8-14-25)33(40-31)35-21-24-11-5-3-6-12-24/h3-20H,2,21-23H2,1H3/b31-20-,35-33?. The molecule has 1 aliphatic rings. The number of benzene rings is 4. The molecule has 1 amide bonds. The second-order valence-electron chi connectivity index (χ2n) is 9.09. The first kappa shape index (κ1) is 27.6. The Labute approximate surface area is 244 Å². The first-order valence-electron chi connectivity index (χ1n) is 13.1. The smallest absolute Gasteiger partial charge is 0.267 e. The van der Waals surface area contributed by atoms with Crippen molar-refractivity contribution in [2.75, 3.05) is 6.61 Å². The van der Waals surface area contributed by atoms with Gasteiger partial charge in [-0.3, -0.25) is 14.7 Å². The van der Waals surface area contributed by atoms with Gasteiger partial charge in [0, 0.05) is 10.6 Å². The van der Waals surface area contributed by atoms with Gasteiger partial charge in [0.05, 0.1) is 24.6 Å². The predicted octanol–water partition coefficient (Wildman–Crippen LogP) is 7.99. The molecule has 0 radical (unpaired) electrons. The number of carbonyl (C=O) groups is 1. The Morgan fingerprint density at radius 1 is 0.850 bits per heavy atom. The Morgan fingerprint density at radius 3 is 2.27 bits per heavy atom. The summed E-state index contributed by atoms with van der Waals surface area (Å²) in [5, 5.41) is 1.34. The quantitative estimate of drug-likeness (QED) is 0.182. The first-order valence-corrected chi connectivity index (χ1v) is 14.3. The van der Waals surface area contributed by atoms with Crippen LogP contribution < -0.4 is 9.47 Å². The molecule has 0 aromatic heterocycles. The second kappa shape index (κ2) is 13.4. The molecule has 1 saturated heterocycles. The molecular weight excluding hydrogens is 540 g/mol. The highest BCUT2D eigenvalue weighted by atomic mass is 35.5. The van der Waals surface area contributed by atoms with Gasteiger partial charge in [0.25, 0.3) is 5.91 Å².